The largest absolute Gasteiger partial charge is 0.496 e. The summed E-state index contributed by atoms with van der Waals surface area (Å²) in [4.78, 5) is 15.5. The number of sulfone groups is 1. The lowest BCUT2D eigenvalue weighted by atomic mass is 10.2. The molecule has 1 aliphatic rings. The second-order valence-corrected chi connectivity index (χ2v) is 8.09. The summed E-state index contributed by atoms with van der Waals surface area (Å²) in [5.74, 6) is 1.17. The van der Waals surface area contributed by atoms with Crippen LogP contribution < -0.4 is 19.5 Å². The number of hydrogen-bond acceptors (Lipinski definition) is 6. The molecule has 1 amide bonds. The van der Waals surface area contributed by atoms with Gasteiger partial charge < -0.3 is 24.5 Å². The van der Waals surface area contributed by atoms with Crippen molar-refractivity contribution in [2.24, 2.45) is 0 Å². The summed E-state index contributed by atoms with van der Waals surface area (Å²) in [5, 5.41) is 3.42. The van der Waals surface area contributed by atoms with Crippen LogP contribution in [0.15, 0.2) is 12.1 Å². The number of amides is 1. The van der Waals surface area contributed by atoms with E-state index in [1.165, 1.54) is 21.3 Å². The van der Waals surface area contributed by atoms with E-state index in [0.29, 0.717) is 40.3 Å². The zero-order chi connectivity index (χ0) is 18.2. The summed E-state index contributed by atoms with van der Waals surface area (Å²) in [7, 11) is 1.49. The molecule has 0 spiro atoms. The van der Waals surface area contributed by atoms with Crippen molar-refractivity contribution in [3.63, 3.8) is 0 Å². The van der Waals surface area contributed by atoms with Gasteiger partial charge in [-0.25, -0.2) is 8.42 Å². The van der Waals surface area contributed by atoms with Gasteiger partial charge in [-0.3, -0.25) is 4.79 Å². The van der Waals surface area contributed by atoms with Crippen molar-refractivity contribution in [2.75, 3.05) is 32.8 Å². The van der Waals surface area contributed by atoms with Crippen molar-refractivity contribution in [3.05, 3.63) is 17.8 Å². The van der Waals surface area contributed by atoms with E-state index in [1.807, 2.05) is 0 Å². The van der Waals surface area contributed by atoms with Gasteiger partial charge in [0, 0.05) is 17.5 Å². The summed E-state index contributed by atoms with van der Waals surface area (Å²) in [6.07, 6.45) is 0.425. The molecule has 0 radical (unpaired) electrons. The average molecular weight is 368 g/mol. The topological polar surface area (TPSA) is 107 Å². The molecule has 3 rings (SSSR count). The van der Waals surface area contributed by atoms with Crippen LogP contribution in [0.3, 0.4) is 0 Å². The van der Waals surface area contributed by atoms with Gasteiger partial charge in [0.15, 0.2) is 21.3 Å². The molecule has 9 heteroatoms. The predicted octanol–water partition coefficient (Wildman–Crippen LogP) is 1.11. The van der Waals surface area contributed by atoms with Gasteiger partial charge in [0.25, 0.3) is 5.91 Å². The Morgan fingerprint density at radius 1 is 1.16 bits per heavy atom. The zero-order valence-electron chi connectivity index (χ0n) is 14.2. The SMILES string of the molecule is COc1cc(OC)c2cc(C(=O)NC3CCS(=O)(=O)C3)[nH]c2c1OC. The van der Waals surface area contributed by atoms with E-state index in [1.54, 1.807) is 12.1 Å². The van der Waals surface area contributed by atoms with Gasteiger partial charge in [-0.1, -0.05) is 0 Å². The molecule has 1 atom stereocenters. The van der Waals surface area contributed by atoms with Gasteiger partial charge in [-0.2, -0.15) is 0 Å². The molecule has 1 aromatic carbocycles. The average Bonchev–Trinajstić information content (AvgIpc) is 3.16. The maximum atomic E-state index is 12.5. The molecular weight excluding hydrogens is 348 g/mol. The van der Waals surface area contributed by atoms with Gasteiger partial charge in [0.1, 0.15) is 11.4 Å². The van der Waals surface area contributed by atoms with Crippen LogP contribution in [0.1, 0.15) is 16.9 Å². The Bertz CT molecular complexity index is 918. The van der Waals surface area contributed by atoms with Crippen LogP contribution in [-0.2, 0) is 9.84 Å². The van der Waals surface area contributed by atoms with Gasteiger partial charge in [-0.05, 0) is 12.5 Å². The monoisotopic (exact) mass is 368 g/mol. The van der Waals surface area contributed by atoms with Crippen LogP contribution in [0.4, 0.5) is 0 Å². The highest BCUT2D eigenvalue weighted by Crippen LogP contribution is 2.41. The first-order chi connectivity index (χ1) is 11.9. The van der Waals surface area contributed by atoms with Gasteiger partial charge in [-0.15, -0.1) is 0 Å². The minimum Gasteiger partial charge on any atom is -0.496 e. The lowest BCUT2D eigenvalue weighted by Crippen LogP contribution is -2.35. The standard InChI is InChI=1S/C16H20N2O6S/c1-22-12-7-13(23-2)15(24-3)14-10(12)6-11(18-14)16(19)17-9-4-5-25(20,21)8-9/h6-7,9,18H,4-5,8H2,1-3H3,(H,17,19). The molecule has 2 N–H and O–H groups in total. The Morgan fingerprint density at radius 2 is 1.88 bits per heavy atom. The van der Waals surface area contributed by atoms with E-state index in [0.717, 1.165) is 0 Å². The third-order valence-corrected chi connectivity index (χ3v) is 6.02. The van der Waals surface area contributed by atoms with Crippen molar-refractivity contribution < 1.29 is 27.4 Å². The number of fused-ring (bicyclic) bond motifs is 1. The highest BCUT2D eigenvalue weighted by molar-refractivity contribution is 7.91. The molecular formula is C16H20N2O6S. The third-order valence-electron chi connectivity index (χ3n) is 4.25. The van der Waals surface area contributed by atoms with E-state index < -0.39 is 9.84 Å². The van der Waals surface area contributed by atoms with Crippen molar-refractivity contribution >= 4 is 26.6 Å². The van der Waals surface area contributed by atoms with Crippen molar-refractivity contribution in [3.8, 4) is 17.2 Å². The van der Waals surface area contributed by atoms with E-state index in [4.69, 9.17) is 14.2 Å². The lowest BCUT2D eigenvalue weighted by molar-refractivity contribution is 0.0937. The molecule has 0 bridgehead atoms. The third kappa shape index (κ3) is 3.23. The Hall–Kier alpha value is -2.42. The maximum absolute atomic E-state index is 12.5. The van der Waals surface area contributed by atoms with Gasteiger partial charge >= 0.3 is 0 Å². The normalized spacial score (nSPS) is 18.9. The summed E-state index contributed by atoms with van der Waals surface area (Å²) < 4.78 is 39.1. The number of H-pyrrole nitrogens is 1. The first-order valence-corrected chi connectivity index (χ1v) is 9.53. The van der Waals surface area contributed by atoms with E-state index >= 15 is 0 Å². The van der Waals surface area contributed by atoms with Gasteiger partial charge in [0.2, 0.25) is 0 Å². The van der Waals surface area contributed by atoms with Crippen molar-refractivity contribution in [1.82, 2.24) is 10.3 Å². The highest BCUT2D eigenvalue weighted by atomic mass is 32.2. The number of carbonyl (C=O) groups is 1. The second-order valence-electron chi connectivity index (χ2n) is 5.86. The number of methoxy groups -OCH3 is 3. The predicted molar refractivity (Wildman–Crippen MR) is 92.5 cm³/mol. The fourth-order valence-electron chi connectivity index (χ4n) is 3.03. The number of hydrogen-bond donors (Lipinski definition) is 2. The number of carbonyl (C=O) groups excluding carboxylic acids is 1. The Morgan fingerprint density at radius 3 is 2.44 bits per heavy atom. The summed E-state index contributed by atoms with van der Waals surface area (Å²) >= 11 is 0. The van der Waals surface area contributed by atoms with Crippen LogP contribution in [0.25, 0.3) is 10.9 Å². The van der Waals surface area contributed by atoms with Crippen LogP contribution in [0, 0.1) is 0 Å². The molecule has 8 nitrogen and oxygen atoms in total. The fraction of sp³-hybridized carbons (Fsp3) is 0.438. The summed E-state index contributed by atoms with van der Waals surface area (Å²) in [5.41, 5.74) is 0.868. The van der Waals surface area contributed by atoms with E-state index in [9.17, 15) is 13.2 Å². The minimum atomic E-state index is -3.06. The first kappa shape index (κ1) is 17.4. The molecule has 0 saturated carbocycles. The summed E-state index contributed by atoms with van der Waals surface area (Å²) in [6.45, 7) is 0. The molecule has 1 aliphatic heterocycles. The van der Waals surface area contributed by atoms with Crippen LogP contribution in [0.5, 0.6) is 17.2 Å². The smallest absolute Gasteiger partial charge is 0.267 e. The molecule has 1 fully saturated rings. The Labute approximate surface area is 145 Å². The number of rotatable bonds is 5. The lowest BCUT2D eigenvalue weighted by Gasteiger charge is -2.11. The number of aromatic nitrogens is 1. The first-order valence-electron chi connectivity index (χ1n) is 7.71. The number of benzene rings is 1. The number of aromatic amines is 1. The van der Waals surface area contributed by atoms with Crippen LogP contribution in [-0.4, -0.2) is 58.2 Å². The molecule has 136 valence electrons. The molecule has 2 heterocycles. The van der Waals surface area contributed by atoms with Gasteiger partial charge in [0.05, 0.1) is 38.4 Å². The van der Waals surface area contributed by atoms with Crippen molar-refractivity contribution in [2.45, 2.75) is 12.5 Å². The molecule has 25 heavy (non-hydrogen) atoms. The Balaban J connectivity index is 1.96. The molecule has 0 aliphatic carbocycles. The van der Waals surface area contributed by atoms with E-state index in [-0.39, 0.29) is 23.5 Å². The molecule has 2 aromatic rings. The van der Waals surface area contributed by atoms with Crippen molar-refractivity contribution in [1.29, 1.82) is 0 Å². The molecule has 1 unspecified atom stereocenters. The second kappa shape index (κ2) is 6.47. The Kier molecular flexibility index (Phi) is 4.51. The summed E-state index contributed by atoms with van der Waals surface area (Å²) in [6, 6.07) is 2.96. The minimum absolute atomic E-state index is 0.0283. The highest BCUT2D eigenvalue weighted by Gasteiger charge is 2.29. The molecule has 1 aromatic heterocycles. The fourth-order valence-corrected chi connectivity index (χ4v) is 4.70. The van der Waals surface area contributed by atoms with Crippen LogP contribution in [0.2, 0.25) is 0 Å². The maximum Gasteiger partial charge on any atom is 0.267 e. The zero-order valence-corrected chi connectivity index (χ0v) is 15.0. The van der Waals surface area contributed by atoms with E-state index in [2.05, 4.69) is 10.3 Å². The number of ether oxygens (including phenoxy) is 3. The number of nitrogens with one attached hydrogen (secondary N) is 2. The quantitative estimate of drug-likeness (QED) is 0.819. The molecule has 1 saturated heterocycles. The van der Waals surface area contributed by atoms with Crippen LogP contribution >= 0.6 is 0 Å².